The fourth-order valence-corrected chi connectivity index (χ4v) is 4.37. The lowest BCUT2D eigenvalue weighted by Crippen LogP contribution is -2.03. The highest BCUT2D eigenvalue weighted by molar-refractivity contribution is 9.10. The van der Waals surface area contributed by atoms with Crippen molar-refractivity contribution in [2.75, 3.05) is 7.11 Å². The van der Waals surface area contributed by atoms with Crippen molar-refractivity contribution >= 4 is 33.0 Å². The van der Waals surface area contributed by atoms with Crippen LogP contribution in [0.2, 0.25) is 0 Å². The van der Waals surface area contributed by atoms with Crippen molar-refractivity contribution in [3.63, 3.8) is 0 Å². The standard InChI is InChI=1S/C17H17BrO2S/c1-20-15-7-6-13(18)8-12(15)9-14(19)17-10-11-4-2-3-5-16(11)21-17/h6-8,10H,2-5,9H2,1H3. The first-order valence-corrected chi connectivity index (χ1v) is 8.75. The van der Waals surface area contributed by atoms with E-state index in [2.05, 4.69) is 22.0 Å². The predicted molar refractivity (Wildman–Crippen MR) is 89.7 cm³/mol. The number of halogens is 1. The average molecular weight is 365 g/mol. The molecule has 3 rings (SSSR count). The van der Waals surface area contributed by atoms with Gasteiger partial charge in [-0.05, 0) is 55.5 Å². The van der Waals surface area contributed by atoms with Gasteiger partial charge in [0.25, 0.3) is 0 Å². The summed E-state index contributed by atoms with van der Waals surface area (Å²) in [6.45, 7) is 0. The number of carbonyl (C=O) groups is 1. The van der Waals surface area contributed by atoms with E-state index >= 15 is 0 Å². The molecule has 0 unspecified atom stereocenters. The highest BCUT2D eigenvalue weighted by Gasteiger charge is 2.18. The van der Waals surface area contributed by atoms with Crippen molar-refractivity contribution in [3.05, 3.63) is 49.6 Å². The summed E-state index contributed by atoms with van der Waals surface area (Å²) in [5.41, 5.74) is 2.32. The van der Waals surface area contributed by atoms with Crippen LogP contribution in [0, 0.1) is 0 Å². The third-order valence-corrected chi connectivity index (χ3v) is 5.64. The second kappa shape index (κ2) is 6.32. The van der Waals surface area contributed by atoms with Crippen LogP contribution in [0.15, 0.2) is 28.7 Å². The second-order valence-electron chi connectivity index (χ2n) is 5.32. The monoisotopic (exact) mass is 364 g/mol. The van der Waals surface area contributed by atoms with Crippen LogP contribution in [0.1, 0.15) is 38.5 Å². The zero-order valence-electron chi connectivity index (χ0n) is 11.9. The van der Waals surface area contributed by atoms with Gasteiger partial charge in [0.1, 0.15) is 5.75 Å². The van der Waals surface area contributed by atoms with E-state index in [0.29, 0.717) is 6.42 Å². The molecule has 2 nitrogen and oxygen atoms in total. The van der Waals surface area contributed by atoms with Crippen LogP contribution in [0.5, 0.6) is 5.75 Å². The van der Waals surface area contributed by atoms with Gasteiger partial charge in [0, 0.05) is 21.3 Å². The Morgan fingerprint density at radius 3 is 2.86 bits per heavy atom. The summed E-state index contributed by atoms with van der Waals surface area (Å²) in [4.78, 5) is 14.9. The molecular formula is C17H17BrO2S. The van der Waals surface area contributed by atoms with Crippen molar-refractivity contribution in [1.29, 1.82) is 0 Å². The van der Waals surface area contributed by atoms with Gasteiger partial charge in [-0.15, -0.1) is 11.3 Å². The van der Waals surface area contributed by atoms with Crippen LogP contribution in [0.3, 0.4) is 0 Å². The van der Waals surface area contributed by atoms with Gasteiger partial charge in [-0.1, -0.05) is 15.9 Å². The molecule has 0 radical (unpaired) electrons. The molecule has 1 aromatic heterocycles. The Balaban J connectivity index is 1.83. The molecule has 0 N–H and O–H groups in total. The minimum atomic E-state index is 0.186. The number of aryl methyl sites for hydroxylation is 2. The van der Waals surface area contributed by atoms with E-state index in [0.717, 1.165) is 33.5 Å². The predicted octanol–water partition coefficient (Wildman–Crippen LogP) is 4.82. The van der Waals surface area contributed by atoms with Crippen molar-refractivity contribution in [3.8, 4) is 5.75 Å². The van der Waals surface area contributed by atoms with Crippen LogP contribution in [-0.4, -0.2) is 12.9 Å². The molecule has 1 aliphatic rings. The summed E-state index contributed by atoms with van der Waals surface area (Å²) in [5, 5.41) is 0. The Morgan fingerprint density at radius 1 is 1.29 bits per heavy atom. The van der Waals surface area contributed by atoms with Gasteiger partial charge in [0.05, 0.1) is 12.0 Å². The van der Waals surface area contributed by atoms with E-state index in [9.17, 15) is 4.79 Å². The molecule has 0 atom stereocenters. The molecule has 0 saturated carbocycles. The van der Waals surface area contributed by atoms with Gasteiger partial charge >= 0.3 is 0 Å². The van der Waals surface area contributed by atoms with E-state index in [1.807, 2.05) is 18.2 Å². The second-order valence-corrected chi connectivity index (χ2v) is 7.37. The zero-order chi connectivity index (χ0) is 14.8. The molecule has 1 aromatic carbocycles. The molecule has 4 heteroatoms. The molecule has 21 heavy (non-hydrogen) atoms. The number of fused-ring (bicyclic) bond motifs is 1. The molecule has 110 valence electrons. The third-order valence-electron chi connectivity index (χ3n) is 3.86. The summed E-state index contributed by atoms with van der Waals surface area (Å²) in [6.07, 6.45) is 5.15. The minimum absolute atomic E-state index is 0.186. The lowest BCUT2D eigenvalue weighted by atomic mass is 9.98. The Bertz CT molecular complexity index is 652. The van der Waals surface area contributed by atoms with Crippen molar-refractivity contribution in [1.82, 2.24) is 0 Å². The topological polar surface area (TPSA) is 26.3 Å². The highest BCUT2D eigenvalue weighted by Crippen LogP contribution is 2.31. The molecular weight excluding hydrogens is 348 g/mol. The maximum Gasteiger partial charge on any atom is 0.177 e. The van der Waals surface area contributed by atoms with E-state index in [4.69, 9.17) is 4.74 Å². The van der Waals surface area contributed by atoms with Crippen molar-refractivity contribution < 1.29 is 9.53 Å². The molecule has 0 fully saturated rings. The lowest BCUT2D eigenvalue weighted by molar-refractivity contribution is 0.0996. The van der Waals surface area contributed by atoms with Crippen LogP contribution in [-0.2, 0) is 19.3 Å². The molecule has 1 heterocycles. The molecule has 0 amide bonds. The first kappa shape index (κ1) is 14.8. The van der Waals surface area contributed by atoms with Crippen LogP contribution < -0.4 is 4.74 Å². The third kappa shape index (κ3) is 3.22. The van der Waals surface area contributed by atoms with Crippen molar-refractivity contribution in [2.45, 2.75) is 32.1 Å². The Kier molecular flexibility index (Phi) is 4.45. The normalized spacial score (nSPS) is 13.8. The number of ketones is 1. The minimum Gasteiger partial charge on any atom is -0.496 e. The first-order valence-electron chi connectivity index (χ1n) is 7.14. The summed E-state index contributed by atoms with van der Waals surface area (Å²) in [5.74, 6) is 0.957. The van der Waals surface area contributed by atoms with Crippen LogP contribution >= 0.6 is 27.3 Å². The number of hydrogen-bond donors (Lipinski definition) is 0. The Hall–Kier alpha value is -1.13. The zero-order valence-corrected chi connectivity index (χ0v) is 14.4. The summed E-state index contributed by atoms with van der Waals surface area (Å²) in [7, 11) is 1.64. The highest BCUT2D eigenvalue weighted by atomic mass is 79.9. The maximum absolute atomic E-state index is 12.6. The van der Waals surface area contributed by atoms with E-state index < -0.39 is 0 Å². The number of methoxy groups -OCH3 is 1. The number of carbonyl (C=O) groups excluding carboxylic acids is 1. The lowest BCUT2D eigenvalue weighted by Gasteiger charge is -2.08. The van der Waals surface area contributed by atoms with Gasteiger partial charge in [0.15, 0.2) is 5.78 Å². The van der Waals surface area contributed by atoms with E-state index in [-0.39, 0.29) is 5.78 Å². The first-order chi connectivity index (χ1) is 10.2. The van der Waals surface area contributed by atoms with E-state index in [1.54, 1.807) is 18.4 Å². The number of ether oxygens (including phenoxy) is 1. The SMILES string of the molecule is COc1ccc(Br)cc1CC(=O)c1cc2c(s1)CCCC2. The number of rotatable bonds is 4. The van der Waals surface area contributed by atoms with Gasteiger partial charge in [-0.3, -0.25) is 4.79 Å². The molecule has 0 saturated heterocycles. The summed E-state index contributed by atoms with van der Waals surface area (Å²) in [6, 6.07) is 7.89. The summed E-state index contributed by atoms with van der Waals surface area (Å²) >= 11 is 5.13. The Labute approximate surface area is 137 Å². The largest absolute Gasteiger partial charge is 0.496 e. The number of Topliss-reactive ketones (excluding diaryl/α,β-unsaturated/α-hetero) is 1. The molecule has 2 aromatic rings. The average Bonchev–Trinajstić information content (AvgIpc) is 2.91. The quantitative estimate of drug-likeness (QED) is 0.726. The van der Waals surface area contributed by atoms with Gasteiger partial charge in [0.2, 0.25) is 0 Å². The van der Waals surface area contributed by atoms with Crippen LogP contribution in [0.25, 0.3) is 0 Å². The summed E-state index contributed by atoms with van der Waals surface area (Å²) < 4.78 is 6.32. The number of hydrogen-bond acceptors (Lipinski definition) is 3. The fourth-order valence-electron chi connectivity index (χ4n) is 2.77. The molecule has 0 bridgehead atoms. The van der Waals surface area contributed by atoms with Crippen molar-refractivity contribution in [2.24, 2.45) is 0 Å². The number of thiophene rings is 1. The van der Waals surface area contributed by atoms with Gasteiger partial charge < -0.3 is 4.74 Å². The smallest absolute Gasteiger partial charge is 0.177 e. The maximum atomic E-state index is 12.6. The fraction of sp³-hybridized carbons (Fsp3) is 0.353. The van der Waals surface area contributed by atoms with Gasteiger partial charge in [-0.2, -0.15) is 0 Å². The van der Waals surface area contributed by atoms with E-state index in [1.165, 1.54) is 23.3 Å². The van der Waals surface area contributed by atoms with Gasteiger partial charge in [-0.25, -0.2) is 0 Å². The molecule has 0 aliphatic heterocycles. The Morgan fingerprint density at radius 2 is 2.10 bits per heavy atom. The number of benzene rings is 1. The van der Waals surface area contributed by atoms with Crippen LogP contribution in [0.4, 0.5) is 0 Å². The molecule has 1 aliphatic carbocycles. The molecule has 0 spiro atoms.